The first-order valence-corrected chi connectivity index (χ1v) is 10.5. The molecule has 5 nitrogen and oxygen atoms in total. The normalized spacial score (nSPS) is 19.3. The van der Waals surface area contributed by atoms with Crippen LogP contribution in [0.1, 0.15) is 27.2 Å². The van der Waals surface area contributed by atoms with Crippen LogP contribution in [0.15, 0.2) is 35.7 Å². The molecule has 0 unspecified atom stereocenters. The molecule has 7 heteroatoms. The van der Waals surface area contributed by atoms with E-state index in [2.05, 4.69) is 11.4 Å². The Morgan fingerprint density at radius 1 is 1.08 bits per heavy atom. The predicted molar refractivity (Wildman–Crippen MR) is 95.0 cm³/mol. The zero-order chi connectivity index (χ0) is 16.7. The Morgan fingerprint density at radius 3 is 2.58 bits per heavy atom. The maximum absolute atomic E-state index is 12.7. The van der Waals surface area contributed by atoms with Gasteiger partial charge < -0.3 is 4.90 Å². The Hall–Kier alpha value is -1.86. The molecule has 0 N–H and O–H groups in total. The van der Waals surface area contributed by atoms with Gasteiger partial charge in [-0.3, -0.25) is 9.10 Å². The summed E-state index contributed by atoms with van der Waals surface area (Å²) in [5.41, 5.74) is 2.48. The van der Waals surface area contributed by atoms with E-state index in [1.165, 1.54) is 14.7 Å². The highest BCUT2D eigenvalue weighted by Crippen LogP contribution is 2.27. The molecular formula is C17H18N2O3S2. The van der Waals surface area contributed by atoms with E-state index < -0.39 is 10.0 Å². The van der Waals surface area contributed by atoms with Gasteiger partial charge in [0.1, 0.15) is 0 Å². The van der Waals surface area contributed by atoms with Crippen molar-refractivity contribution in [2.75, 3.05) is 23.1 Å². The first-order valence-electron chi connectivity index (χ1n) is 7.99. The number of benzene rings is 1. The Kier molecular flexibility index (Phi) is 3.85. The summed E-state index contributed by atoms with van der Waals surface area (Å²) in [5.74, 6) is 0.201. The predicted octanol–water partition coefficient (Wildman–Crippen LogP) is 2.49. The number of anilines is 1. The molecule has 0 bridgehead atoms. The van der Waals surface area contributed by atoms with E-state index >= 15 is 0 Å². The zero-order valence-electron chi connectivity index (χ0n) is 13.1. The first-order chi connectivity index (χ1) is 11.5. The summed E-state index contributed by atoms with van der Waals surface area (Å²) in [6, 6.07) is 9.01. The molecule has 126 valence electrons. The lowest BCUT2D eigenvalue weighted by Crippen LogP contribution is -2.35. The lowest BCUT2D eigenvalue weighted by molar-refractivity contribution is 0.0736. The number of hydrogen-bond acceptors (Lipinski definition) is 4. The lowest BCUT2D eigenvalue weighted by atomic mass is 10.1. The van der Waals surface area contributed by atoms with Crippen molar-refractivity contribution in [1.82, 2.24) is 4.90 Å². The van der Waals surface area contributed by atoms with Gasteiger partial charge in [-0.05, 0) is 54.1 Å². The van der Waals surface area contributed by atoms with E-state index in [0.717, 1.165) is 13.0 Å². The summed E-state index contributed by atoms with van der Waals surface area (Å²) in [6.07, 6.45) is 1.56. The van der Waals surface area contributed by atoms with Gasteiger partial charge in [0.15, 0.2) is 0 Å². The van der Waals surface area contributed by atoms with Gasteiger partial charge in [0.05, 0.1) is 11.4 Å². The third-order valence-electron chi connectivity index (χ3n) is 4.60. The fraction of sp³-hybridized carbons (Fsp3) is 0.353. The van der Waals surface area contributed by atoms with Crippen molar-refractivity contribution >= 4 is 33.0 Å². The summed E-state index contributed by atoms with van der Waals surface area (Å²) in [5, 5.41) is 2.07. The van der Waals surface area contributed by atoms with Gasteiger partial charge in [-0.2, -0.15) is 0 Å². The van der Waals surface area contributed by atoms with Gasteiger partial charge in [0.25, 0.3) is 5.91 Å². The van der Waals surface area contributed by atoms with Gasteiger partial charge in [-0.1, -0.05) is 0 Å². The average molecular weight is 362 g/mol. The molecule has 24 heavy (non-hydrogen) atoms. The van der Waals surface area contributed by atoms with Crippen molar-refractivity contribution in [3.63, 3.8) is 0 Å². The van der Waals surface area contributed by atoms with Crippen LogP contribution in [0.4, 0.5) is 5.69 Å². The molecular weight excluding hydrogens is 344 g/mol. The van der Waals surface area contributed by atoms with E-state index in [1.807, 2.05) is 4.90 Å². The van der Waals surface area contributed by atoms with Crippen LogP contribution in [0.25, 0.3) is 0 Å². The van der Waals surface area contributed by atoms with Crippen LogP contribution in [0.3, 0.4) is 0 Å². The maximum atomic E-state index is 12.7. The SMILES string of the molecule is O=C(c1ccc(N2CCCS2(=O)=O)cc1)N1CCc2sccc2C1. The van der Waals surface area contributed by atoms with Crippen LogP contribution < -0.4 is 4.31 Å². The smallest absolute Gasteiger partial charge is 0.254 e. The molecule has 3 heterocycles. The molecule has 1 fully saturated rings. The molecule has 1 aromatic carbocycles. The largest absolute Gasteiger partial charge is 0.334 e. The maximum Gasteiger partial charge on any atom is 0.254 e. The third-order valence-corrected chi connectivity index (χ3v) is 7.49. The number of fused-ring (bicyclic) bond motifs is 1. The van der Waals surface area contributed by atoms with Crippen molar-refractivity contribution in [3.8, 4) is 0 Å². The second-order valence-corrected chi connectivity index (χ2v) is 9.15. The second kappa shape index (κ2) is 5.89. The molecule has 0 spiro atoms. The van der Waals surface area contributed by atoms with Gasteiger partial charge >= 0.3 is 0 Å². The Balaban J connectivity index is 1.52. The minimum Gasteiger partial charge on any atom is -0.334 e. The molecule has 1 saturated heterocycles. The minimum atomic E-state index is -3.18. The molecule has 2 aromatic rings. The molecule has 2 aliphatic rings. The van der Waals surface area contributed by atoms with Crippen LogP contribution in [0.2, 0.25) is 0 Å². The van der Waals surface area contributed by atoms with Crippen molar-refractivity contribution in [2.45, 2.75) is 19.4 Å². The number of amides is 1. The van der Waals surface area contributed by atoms with Crippen LogP contribution in [0.5, 0.6) is 0 Å². The molecule has 1 aromatic heterocycles. The average Bonchev–Trinajstić information content (AvgIpc) is 3.19. The first kappa shape index (κ1) is 15.7. The van der Waals surface area contributed by atoms with E-state index in [-0.39, 0.29) is 11.7 Å². The fourth-order valence-electron chi connectivity index (χ4n) is 3.30. The fourth-order valence-corrected chi connectivity index (χ4v) is 5.76. The number of sulfonamides is 1. The number of carbonyl (C=O) groups excluding carboxylic acids is 1. The highest BCUT2D eigenvalue weighted by molar-refractivity contribution is 7.93. The molecule has 0 saturated carbocycles. The molecule has 4 rings (SSSR count). The number of thiophene rings is 1. The summed E-state index contributed by atoms with van der Waals surface area (Å²) in [4.78, 5) is 15.9. The van der Waals surface area contributed by atoms with Gasteiger partial charge in [0.2, 0.25) is 10.0 Å². The highest BCUT2D eigenvalue weighted by Gasteiger charge is 2.28. The number of carbonyl (C=O) groups is 1. The van der Waals surface area contributed by atoms with Gasteiger partial charge in [0, 0.05) is 30.1 Å². The third kappa shape index (κ3) is 2.71. The van der Waals surface area contributed by atoms with Crippen molar-refractivity contribution in [1.29, 1.82) is 0 Å². The molecule has 2 aliphatic heterocycles. The quantitative estimate of drug-likeness (QED) is 0.825. The van der Waals surface area contributed by atoms with Crippen LogP contribution in [-0.4, -0.2) is 38.1 Å². The Bertz CT molecular complexity index is 871. The topological polar surface area (TPSA) is 57.7 Å². The number of rotatable bonds is 2. The van der Waals surface area contributed by atoms with E-state index in [1.54, 1.807) is 35.6 Å². The minimum absolute atomic E-state index is 0.00248. The Labute approximate surface area is 145 Å². The molecule has 0 aliphatic carbocycles. The van der Waals surface area contributed by atoms with Crippen molar-refractivity contribution < 1.29 is 13.2 Å². The number of hydrogen-bond donors (Lipinski definition) is 0. The van der Waals surface area contributed by atoms with Crippen molar-refractivity contribution in [2.24, 2.45) is 0 Å². The van der Waals surface area contributed by atoms with E-state index in [4.69, 9.17) is 0 Å². The Morgan fingerprint density at radius 2 is 1.88 bits per heavy atom. The molecule has 0 radical (unpaired) electrons. The standard InChI is InChI=1S/C17H18N2O3S2/c20-17(18-9-6-16-14(12-18)7-10-23-16)13-2-4-15(5-3-13)19-8-1-11-24(19,21)22/h2-5,7,10H,1,6,8-9,11-12H2. The van der Waals surface area contributed by atoms with Gasteiger partial charge in [-0.15, -0.1) is 11.3 Å². The molecule has 0 atom stereocenters. The van der Waals surface area contributed by atoms with E-state index in [0.29, 0.717) is 30.8 Å². The second-order valence-electron chi connectivity index (χ2n) is 6.13. The van der Waals surface area contributed by atoms with Gasteiger partial charge in [-0.25, -0.2) is 8.42 Å². The van der Waals surface area contributed by atoms with Crippen molar-refractivity contribution in [3.05, 3.63) is 51.7 Å². The summed E-state index contributed by atoms with van der Waals surface area (Å²) >= 11 is 1.75. The monoisotopic (exact) mass is 362 g/mol. The molecule has 1 amide bonds. The highest BCUT2D eigenvalue weighted by atomic mass is 32.2. The summed E-state index contributed by atoms with van der Waals surface area (Å²) in [7, 11) is -3.18. The number of nitrogens with zero attached hydrogens (tertiary/aromatic N) is 2. The van der Waals surface area contributed by atoms with Crippen LogP contribution >= 0.6 is 11.3 Å². The van der Waals surface area contributed by atoms with E-state index in [9.17, 15) is 13.2 Å². The zero-order valence-corrected chi connectivity index (χ0v) is 14.8. The lowest BCUT2D eigenvalue weighted by Gasteiger charge is -2.27. The van der Waals surface area contributed by atoms with Crippen LogP contribution in [0, 0.1) is 0 Å². The summed E-state index contributed by atoms with van der Waals surface area (Å²) in [6.45, 7) is 1.90. The van der Waals surface area contributed by atoms with Crippen LogP contribution in [-0.2, 0) is 23.0 Å². The summed E-state index contributed by atoms with van der Waals surface area (Å²) < 4.78 is 25.4.